The molecular formula is C17H24ClN7. The molecule has 1 aliphatic carbocycles. The Kier molecular flexibility index (Phi) is 4.52. The van der Waals surface area contributed by atoms with Crippen molar-refractivity contribution in [2.45, 2.75) is 32.2 Å². The van der Waals surface area contributed by atoms with Gasteiger partial charge in [-0.05, 0) is 51.1 Å². The Bertz CT molecular complexity index is 746. The van der Waals surface area contributed by atoms with Gasteiger partial charge in [0, 0.05) is 24.8 Å². The van der Waals surface area contributed by atoms with Crippen molar-refractivity contribution in [2.75, 3.05) is 30.4 Å². The van der Waals surface area contributed by atoms with Gasteiger partial charge in [0.1, 0.15) is 5.02 Å². The van der Waals surface area contributed by atoms with Gasteiger partial charge < -0.3 is 15.5 Å². The number of rotatable bonds is 4. The molecule has 2 aromatic heterocycles. The average molecular weight is 362 g/mol. The summed E-state index contributed by atoms with van der Waals surface area (Å²) in [6, 6.07) is 2.39. The zero-order valence-corrected chi connectivity index (χ0v) is 15.3. The van der Waals surface area contributed by atoms with E-state index >= 15 is 0 Å². The normalized spacial score (nSPS) is 25.6. The molecule has 25 heavy (non-hydrogen) atoms. The molecule has 1 saturated carbocycles. The molecule has 4 rings (SSSR count). The van der Waals surface area contributed by atoms with Crippen molar-refractivity contribution in [2.24, 2.45) is 11.8 Å². The summed E-state index contributed by atoms with van der Waals surface area (Å²) in [6.45, 7) is 4.27. The minimum atomic E-state index is 0.475. The zero-order chi connectivity index (χ0) is 17.4. The van der Waals surface area contributed by atoms with Gasteiger partial charge in [-0.15, -0.1) is 0 Å². The van der Waals surface area contributed by atoms with E-state index in [2.05, 4.69) is 42.7 Å². The predicted molar refractivity (Wildman–Crippen MR) is 99.5 cm³/mol. The van der Waals surface area contributed by atoms with E-state index in [1.54, 1.807) is 6.20 Å². The summed E-state index contributed by atoms with van der Waals surface area (Å²) >= 11 is 6.26. The summed E-state index contributed by atoms with van der Waals surface area (Å²) in [4.78, 5) is 11.3. The molecule has 0 spiro atoms. The quantitative estimate of drug-likeness (QED) is 0.776. The lowest BCUT2D eigenvalue weighted by Crippen LogP contribution is -2.39. The highest BCUT2D eigenvalue weighted by Crippen LogP contribution is 2.35. The topological polar surface area (TPSA) is 81.8 Å². The van der Waals surface area contributed by atoms with Crippen LogP contribution in [0.3, 0.4) is 0 Å². The van der Waals surface area contributed by atoms with Crippen LogP contribution in [-0.4, -0.2) is 46.3 Å². The Morgan fingerprint density at radius 1 is 1.28 bits per heavy atom. The molecule has 3 unspecified atom stereocenters. The maximum absolute atomic E-state index is 6.26. The average Bonchev–Trinajstić information content (AvgIpc) is 3.24. The second-order valence-electron chi connectivity index (χ2n) is 7.18. The first-order valence-corrected chi connectivity index (χ1v) is 9.23. The second kappa shape index (κ2) is 6.80. The molecule has 8 heteroatoms. The van der Waals surface area contributed by atoms with Crippen LogP contribution in [0.25, 0.3) is 0 Å². The van der Waals surface area contributed by atoms with Crippen LogP contribution >= 0.6 is 11.6 Å². The molecule has 0 radical (unpaired) electrons. The fraction of sp³-hybridized carbons (Fsp3) is 0.588. The lowest BCUT2D eigenvalue weighted by Gasteiger charge is -2.36. The standard InChI is InChI=1S/C17H24ClN7/c1-10-5-15(24-23-10)21-16-14(18)9-20-17(22-16)25(2)13-4-3-11-7-19-8-12(11)6-13/h5,9,11-13,19H,3-4,6-8H2,1-2H3,(H2,20,21,22,23,24). The minimum Gasteiger partial charge on any atom is -0.341 e. The van der Waals surface area contributed by atoms with Crippen molar-refractivity contribution in [3.8, 4) is 0 Å². The lowest BCUT2D eigenvalue weighted by molar-refractivity contribution is 0.265. The van der Waals surface area contributed by atoms with Gasteiger partial charge >= 0.3 is 0 Å². The Morgan fingerprint density at radius 3 is 2.92 bits per heavy atom. The summed E-state index contributed by atoms with van der Waals surface area (Å²) in [6.07, 6.45) is 5.32. The maximum Gasteiger partial charge on any atom is 0.227 e. The van der Waals surface area contributed by atoms with E-state index in [9.17, 15) is 0 Å². The fourth-order valence-corrected chi connectivity index (χ4v) is 4.15. The van der Waals surface area contributed by atoms with Crippen LogP contribution in [0.2, 0.25) is 5.02 Å². The molecule has 0 aromatic carbocycles. The number of aromatic nitrogens is 4. The molecule has 3 heterocycles. The highest BCUT2D eigenvalue weighted by Gasteiger charge is 2.35. The number of aryl methyl sites for hydroxylation is 1. The molecule has 1 aliphatic heterocycles. The van der Waals surface area contributed by atoms with Crippen LogP contribution in [-0.2, 0) is 0 Å². The molecule has 3 atom stereocenters. The number of halogens is 1. The molecule has 134 valence electrons. The SMILES string of the molecule is Cc1cc(Nc2nc(N(C)C3CCC4CNCC4C3)ncc2Cl)n[nH]1. The third kappa shape index (κ3) is 3.43. The van der Waals surface area contributed by atoms with E-state index in [-0.39, 0.29) is 0 Å². The summed E-state index contributed by atoms with van der Waals surface area (Å²) < 4.78 is 0. The van der Waals surface area contributed by atoms with E-state index in [1.165, 1.54) is 25.8 Å². The molecule has 3 N–H and O–H groups in total. The van der Waals surface area contributed by atoms with Crippen molar-refractivity contribution in [1.82, 2.24) is 25.5 Å². The monoisotopic (exact) mass is 361 g/mol. The van der Waals surface area contributed by atoms with E-state index in [0.29, 0.717) is 28.6 Å². The smallest absolute Gasteiger partial charge is 0.227 e. The molecule has 1 saturated heterocycles. The van der Waals surface area contributed by atoms with Crippen LogP contribution in [0.5, 0.6) is 0 Å². The predicted octanol–water partition coefficient (Wildman–Crippen LogP) is 2.73. The third-order valence-corrected chi connectivity index (χ3v) is 5.75. The summed E-state index contributed by atoms with van der Waals surface area (Å²) in [5.74, 6) is 3.60. The number of fused-ring (bicyclic) bond motifs is 1. The van der Waals surface area contributed by atoms with E-state index in [4.69, 9.17) is 11.6 Å². The second-order valence-corrected chi connectivity index (χ2v) is 7.59. The first-order valence-electron chi connectivity index (χ1n) is 8.85. The third-order valence-electron chi connectivity index (χ3n) is 5.47. The minimum absolute atomic E-state index is 0.475. The van der Waals surface area contributed by atoms with E-state index in [0.717, 1.165) is 24.1 Å². The van der Waals surface area contributed by atoms with Crippen molar-refractivity contribution in [3.05, 3.63) is 23.0 Å². The van der Waals surface area contributed by atoms with Gasteiger partial charge in [-0.1, -0.05) is 11.6 Å². The van der Waals surface area contributed by atoms with Crippen molar-refractivity contribution >= 4 is 29.2 Å². The number of hydrogen-bond donors (Lipinski definition) is 3. The summed E-state index contributed by atoms with van der Waals surface area (Å²) in [7, 11) is 2.08. The van der Waals surface area contributed by atoms with Crippen molar-refractivity contribution < 1.29 is 0 Å². The molecule has 2 aliphatic rings. The molecule has 0 amide bonds. The first kappa shape index (κ1) is 16.6. The zero-order valence-electron chi connectivity index (χ0n) is 14.6. The van der Waals surface area contributed by atoms with Gasteiger partial charge in [0.15, 0.2) is 11.6 Å². The Hall–Kier alpha value is -1.86. The molecule has 2 aromatic rings. The van der Waals surface area contributed by atoms with E-state index < -0.39 is 0 Å². The number of H-pyrrole nitrogens is 1. The Morgan fingerprint density at radius 2 is 2.12 bits per heavy atom. The number of hydrogen-bond acceptors (Lipinski definition) is 6. The van der Waals surface area contributed by atoms with Crippen LogP contribution in [0.1, 0.15) is 25.0 Å². The van der Waals surface area contributed by atoms with E-state index in [1.807, 2.05) is 13.0 Å². The number of aromatic amines is 1. The largest absolute Gasteiger partial charge is 0.341 e. The van der Waals surface area contributed by atoms with Gasteiger partial charge in [-0.3, -0.25) is 5.10 Å². The summed E-state index contributed by atoms with van der Waals surface area (Å²) in [5.41, 5.74) is 0.979. The molecule has 7 nitrogen and oxygen atoms in total. The Labute approximate surface area is 152 Å². The lowest BCUT2D eigenvalue weighted by atomic mass is 9.79. The first-order chi connectivity index (χ1) is 12.1. The highest BCUT2D eigenvalue weighted by molar-refractivity contribution is 6.32. The van der Waals surface area contributed by atoms with Gasteiger partial charge in [0.25, 0.3) is 0 Å². The molecule has 2 fully saturated rings. The van der Waals surface area contributed by atoms with Gasteiger partial charge in [0.05, 0.1) is 6.20 Å². The molecule has 0 bridgehead atoms. The Balaban J connectivity index is 1.50. The summed E-state index contributed by atoms with van der Waals surface area (Å²) in [5, 5.41) is 14.3. The maximum atomic E-state index is 6.26. The number of nitrogens with zero attached hydrogens (tertiary/aromatic N) is 4. The van der Waals surface area contributed by atoms with Crippen LogP contribution in [0.4, 0.5) is 17.6 Å². The van der Waals surface area contributed by atoms with Gasteiger partial charge in [-0.25, -0.2) is 4.98 Å². The van der Waals surface area contributed by atoms with Gasteiger partial charge in [0.2, 0.25) is 5.95 Å². The van der Waals surface area contributed by atoms with Gasteiger partial charge in [-0.2, -0.15) is 10.1 Å². The fourth-order valence-electron chi connectivity index (χ4n) is 4.01. The molecular weight excluding hydrogens is 338 g/mol. The number of nitrogens with one attached hydrogen (secondary N) is 3. The van der Waals surface area contributed by atoms with Crippen molar-refractivity contribution in [1.29, 1.82) is 0 Å². The van der Waals surface area contributed by atoms with Crippen LogP contribution in [0.15, 0.2) is 12.3 Å². The van der Waals surface area contributed by atoms with Crippen LogP contribution < -0.4 is 15.5 Å². The highest BCUT2D eigenvalue weighted by atomic mass is 35.5. The number of anilines is 3. The van der Waals surface area contributed by atoms with Crippen LogP contribution in [0, 0.1) is 18.8 Å². The van der Waals surface area contributed by atoms with Crippen molar-refractivity contribution in [3.63, 3.8) is 0 Å².